The van der Waals surface area contributed by atoms with Crippen molar-refractivity contribution in [1.82, 2.24) is 15.2 Å². The summed E-state index contributed by atoms with van der Waals surface area (Å²) in [5.41, 5.74) is 4.10. The van der Waals surface area contributed by atoms with Crippen molar-refractivity contribution in [2.75, 3.05) is 23.8 Å². The predicted molar refractivity (Wildman–Crippen MR) is 109 cm³/mol. The van der Waals surface area contributed by atoms with Crippen molar-refractivity contribution in [3.8, 4) is 11.1 Å². The lowest BCUT2D eigenvalue weighted by Gasteiger charge is -2.07. The Labute approximate surface area is 161 Å². The number of nitrogens with one attached hydrogen (secondary N) is 3. The van der Waals surface area contributed by atoms with Gasteiger partial charge in [0, 0.05) is 35.5 Å². The number of amides is 1. The van der Waals surface area contributed by atoms with E-state index in [0.29, 0.717) is 17.9 Å². The Bertz CT molecular complexity index is 1110. The van der Waals surface area contributed by atoms with E-state index in [1.165, 1.54) is 0 Å². The molecular weight excluding hydrogens is 354 g/mol. The lowest BCUT2D eigenvalue weighted by atomic mass is 10.1. The Balaban J connectivity index is 1.64. The fourth-order valence-electron chi connectivity index (χ4n) is 2.95. The number of H-pyrrole nitrogens is 1. The fraction of sp³-hybridized carbons (Fsp3) is 0.0952. The van der Waals surface area contributed by atoms with Gasteiger partial charge in [0.1, 0.15) is 0 Å². The molecule has 0 unspecified atom stereocenters. The summed E-state index contributed by atoms with van der Waals surface area (Å²) >= 11 is 0. The van der Waals surface area contributed by atoms with E-state index < -0.39 is 0 Å². The molecule has 0 radical (unpaired) electrons. The number of aromatic nitrogens is 3. The molecule has 0 saturated carbocycles. The standard InChI is InChI=1S/C21H19N5O2/c27-9-8-23-17-10-16(12-22-13-17)15-6-7-19-18(11-15)20(26-25-19)24-21(28)14-4-2-1-3-5-14/h1-7,10-13,23,27H,8-9H2,(H2,24,25,26,28). The number of pyridine rings is 1. The van der Waals surface area contributed by atoms with Crippen LogP contribution in [0.1, 0.15) is 10.4 Å². The summed E-state index contributed by atoms with van der Waals surface area (Å²) in [5.74, 6) is 0.268. The summed E-state index contributed by atoms with van der Waals surface area (Å²) < 4.78 is 0. The molecule has 2 heterocycles. The molecule has 1 amide bonds. The van der Waals surface area contributed by atoms with E-state index in [2.05, 4.69) is 25.8 Å². The smallest absolute Gasteiger partial charge is 0.256 e. The van der Waals surface area contributed by atoms with E-state index in [9.17, 15) is 4.79 Å². The first-order chi connectivity index (χ1) is 13.7. The Morgan fingerprint density at radius 1 is 1.04 bits per heavy atom. The molecule has 140 valence electrons. The maximum Gasteiger partial charge on any atom is 0.256 e. The highest BCUT2D eigenvalue weighted by atomic mass is 16.3. The van der Waals surface area contributed by atoms with E-state index in [1.54, 1.807) is 24.5 Å². The quantitative estimate of drug-likeness (QED) is 0.415. The molecule has 4 N–H and O–H groups in total. The lowest BCUT2D eigenvalue weighted by molar-refractivity contribution is 0.102. The second kappa shape index (κ2) is 7.89. The van der Waals surface area contributed by atoms with E-state index in [0.717, 1.165) is 27.7 Å². The van der Waals surface area contributed by atoms with Gasteiger partial charge in [0.15, 0.2) is 5.82 Å². The zero-order valence-corrected chi connectivity index (χ0v) is 15.0. The van der Waals surface area contributed by atoms with Crippen molar-refractivity contribution in [3.05, 3.63) is 72.6 Å². The van der Waals surface area contributed by atoms with Crippen molar-refractivity contribution in [2.24, 2.45) is 0 Å². The number of anilines is 2. The minimum atomic E-state index is -0.212. The second-order valence-electron chi connectivity index (χ2n) is 6.27. The van der Waals surface area contributed by atoms with E-state index >= 15 is 0 Å². The van der Waals surface area contributed by atoms with Gasteiger partial charge in [0.25, 0.3) is 5.91 Å². The second-order valence-corrected chi connectivity index (χ2v) is 6.27. The average Bonchev–Trinajstić information content (AvgIpc) is 3.15. The monoisotopic (exact) mass is 373 g/mol. The fourth-order valence-corrected chi connectivity index (χ4v) is 2.95. The van der Waals surface area contributed by atoms with E-state index in [-0.39, 0.29) is 12.5 Å². The Morgan fingerprint density at radius 2 is 1.89 bits per heavy atom. The van der Waals surface area contributed by atoms with Gasteiger partial charge in [0.05, 0.1) is 17.8 Å². The molecule has 0 fully saturated rings. The molecule has 4 rings (SSSR count). The molecule has 28 heavy (non-hydrogen) atoms. The van der Waals surface area contributed by atoms with Gasteiger partial charge in [-0.2, -0.15) is 5.10 Å². The first kappa shape index (κ1) is 17.7. The van der Waals surface area contributed by atoms with Gasteiger partial charge in [-0.15, -0.1) is 0 Å². The topological polar surface area (TPSA) is 103 Å². The summed E-state index contributed by atoms with van der Waals surface area (Å²) in [4.78, 5) is 16.7. The number of fused-ring (bicyclic) bond motifs is 1. The van der Waals surface area contributed by atoms with Gasteiger partial charge in [0.2, 0.25) is 0 Å². The molecule has 2 aromatic heterocycles. The molecule has 0 bridgehead atoms. The molecule has 0 aliphatic rings. The number of nitrogens with zero attached hydrogens (tertiary/aromatic N) is 2. The van der Waals surface area contributed by atoms with Crippen molar-refractivity contribution < 1.29 is 9.90 Å². The van der Waals surface area contributed by atoms with Gasteiger partial charge >= 0.3 is 0 Å². The van der Waals surface area contributed by atoms with Crippen LogP contribution in [0.2, 0.25) is 0 Å². The highest BCUT2D eigenvalue weighted by Gasteiger charge is 2.12. The zero-order valence-electron chi connectivity index (χ0n) is 15.0. The number of carbonyl (C=O) groups excluding carboxylic acids is 1. The van der Waals surface area contributed by atoms with E-state index in [4.69, 9.17) is 5.11 Å². The SMILES string of the molecule is O=C(Nc1n[nH]c2ccc(-c3cncc(NCCO)c3)cc12)c1ccccc1. The Morgan fingerprint density at radius 3 is 2.71 bits per heavy atom. The number of rotatable bonds is 6. The lowest BCUT2D eigenvalue weighted by Crippen LogP contribution is -2.12. The molecule has 4 aromatic rings. The van der Waals surface area contributed by atoms with Crippen molar-refractivity contribution in [1.29, 1.82) is 0 Å². The third kappa shape index (κ3) is 3.70. The summed E-state index contributed by atoms with van der Waals surface area (Å²) in [5, 5.41) is 22.9. The minimum Gasteiger partial charge on any atom is -0.395 e. The molecule has 0 saturated heterocycles. The maximum absolute atomic E-state index is 12.5. The van der Waals surface area contributed by atoms with Crippen LogP contribution in [-0.2, 0) is 0 Å². The number of hydrogen-bond donors (Lipinski definition) is 4. The van der Waals surface area contributed by atoms with Crippen LogP contribution >= 0.6 is 0 Å². The van der Waals surface area contributed by atoms with Crippen LogP contribution in [0, 0.1) is 0 Å². The number of aliphatic hydroxyl groups excluding tert-OH is 1. The summed E-state index contributed by atoms with van der Waals surface area (Å²) in [6.45, 7) is 0.511. The van der Waals surface area contributed by atoms with Gasteiger partial charge in [-0.3, -0.25) is 14.9 Å². The number of hydrogen-bond acceptors (Lipinski definition) is 5. The van der Waals surface area contributed by atoms with Crippen LogP contribution in [0.5, 0.6) is 0 Å². The summed E-state index contributed by atoms with van der Waals surface area (Å²) in [7, 11) is 0. The molecule has 0 spiro atoms. The number of aromatic amines is 1. The zero-order chi connectivity index (χ0) is 19.3. The van der Waals surface area contributed by atoms with Gasteiger partial charge in [-0.25, -0.2) is 0 Å². The third-order valence-electron chi connectivity index (χ3n) is 4.34. The molecule has 0 atom stereocenters. The highest BCUT2D eigenvalue weighted by Crippen LogP contribution is 2.28. The van der Waals surface area contributed by atoms with Crippen LogP contribution in [0.15, 0.2) is 67.0 Å². The van der Waals surface area contributed by atoms with E-state index in [1.807, 2.05) is 42.5 Å². The van der Waals surface area contributed by atoms with Crippen molar-refractivity contribution >= 4 is 28.3 Å². The summed E-state index contributed by atoms with van der Waals surface area (Å²) in [6.07, 6.45) is 3.48. The predicted octanol–water partition coefficient (Wildman–Crippen LogP) is 3.28. The number of aliphatic hydroxyl groups is 1. The van der Waals surface area contributed by atoms with Crippen LogP contribution < -0.4 is 10.6 Å². The first-order valence-corrected chi connectivity index (χ1v) is 8.89. The normalized spacial score (nSPS) is 10.8. The molecule has 0 aliphatic heterocycles. The summed E-state index contributed by atoms with van der Waals surface area (Å²) in [6, 6.07) is 16.8. The van der Waals surface area contributed by atoms with Crippen LogP contribution in [0.25, 0.3) is 22.0 Å². The molecule has 7 heteroatoms. The van der Waals surface area contributed by atoms with Gasteiger partial charge in [-0.1, -0.05) is 24.3 Å². The largest absolute Gasteiger partial charge is 0.395 e. The Hall–Kier alpha value is -3.71. The maximum atomic E-state index is 12.5. The molecule has 0 aliphatic carbocycles. The van der Waals surface area contributed by atoms with Crippen molar-refractivity contribution in [2.45, 2.75) is 0 Å². The molecule has 2 aromatic carbocycles. The Kier molecular flexibility index (Phi) is 4.99. The molecule has 7 nitrogen and oxygen atoms in total. The van der Waals surface area contributed by atoms with Crippen LogP contribution in [-0.4, -0.2) is 39.3 Å². The van der Waals surface area contributed by atoms with Crippen LogP contribution in [0.3, 0.4) is 0 Å². The van der Waals surface area contributed by atoms with Gasteiger partial charge < -0.3 is 15.7 Å². The third-order valence-corrected chi connectivity index (χ3v) is 4.34. The first-order valence-electron chi connectivity index (χ1n) is 8.89. The van der Waals surface area contributed by atoms with Crippen molar-refractivity contribution in [3.63, 3.8) is 0 Å². The average molecular weight is 373 g/mol. The number of carbonyl (C=O) groups is 1. The highest BCUT2D eigenvalue weighted by molar-refractivity contribution is 6.08. The molecular formula is C21H19N5O2. The van der Waals surface area contributed by atoms with Gasteiger partial charge in [-0.05, 0) is 35.9 Å². The van der Waals surface area contributed by atoms with Crippen LogP contribution in [0.4, 0.5) is 11.5 Å². The number of benzene rings is 2. The minimum absolute atomic E-state index is 0.0513.